The maximum Gasteiger partial charge on any atom is 0.321 e. The minimum absolute atomic E-state index is 0.0974. The first-order valence-electron chi connectivity index (χ1n) is 4.67. The Bertz CT molecular complexity index is 287. The van der Waals surface area contributed by atoms with E-state index in [1.165, 1.54) is 0 Å². The molecule has 0 saturated heterocycles. The molecule has 0 unspecified atom stereocenters. The summed E-state index contributed by atoms with van der Waals surface area (Å²) in [7, 11) is 1.72. The van der Waals surface area contributed by atoms with E-state index in [1.54, 1.807) is 30.4 Å². The third kappa shape index (κ3) is 2.73. The van der Waals surface area contributed by atoms with E-state index in [4.69, 9.17) is 0 Å². The molecule has 0 spiro atoms. The summed E-state index contributed by atoms with van der Waals surface area (Å²) in [6.45, 7) is 2.72. The molecule has 1 N–H and O–H groups in total. The lowest BCUT2D eigenvalue weighted by Gasteiger charge is -2.16. The molecule has 0 aliphatic carbocycles. The monoisotopic (exact) mass is 193 g/mol. The molecule has 0 aliphatic heterocycles. The number of carbonyl (C=O) groups is 1. The van der Waals surface area contributed by atoms with Crippen LogP contribution in [-0.2, 0) is 0 Å². The highest BCUT2D eigenvalue weighted by Gasteiger charge is 2.08. The van der Waals surface area contributed by atoms with Gasteiger partial charge in [-0.25, -0.2) is 4.79 Å². The standard InChI is InChI=1S/C10H15N3O/c1-3-6-12-10(14)13(2)9-5-4-7-11-8-9/h4-5,7-8H,3,6H2,1-2H3,(H,12,14). The predicted octanol–water partition coefficient (Wildman–Crippen LogP) is 1.64. The van der Waals surface area contributed by atoms with Gasteiger partial charge in [-0.05, 0) is 18.6 Å². The third-order valence-corrected chi connectivity index (χ3v) is 1.86. The van der Waals surface area contributed by atoms with Crippen LogP contribution in [0.4, 0.5) is 10.5 Å². The smallest absolute Gasteiger partial charge is 0.321 e. The van der Waals surface area contributed by atoms with Crippen molar-refractivity contribution in [3.8, 4) is 0 Å². The van der Waals surface area contributed by atoms with Crippen molar-refractivity contribution in [2.45, 2.75) is 13.3 Å². The van der Waals surface area contributed by atoms with Crippen molar-refractivity contribution < 1.29 is 4.79 Å². The Hall–Kier alpha value is -1.58. The number of urea groups is 1. The fraction of sp³-hybridized carbons (Fsp3) is 0.400. The number of hydrogen-bond acceptors (Lipinski definition) is 2. The Morgan fingerprint density at radius 3 is 3.00 bits per heavy atom. The Kier molecular flexibility index (Phi) is 3.91. The zero-order valence-electron chi connectivity index (χ0n) is 8.53. The van der Waals surface area contributed by atoms with E-state index in [0.29, 0.717) is 6.54 Å². The molecule has 0 atom stereocenters. The van der Waals surface area contributed by atoms with Gasteiger partial charge in [0.15, 0.2) is 0 Å². The molecule has 4 nitrogen and oxygen atoms in total. The molecular weight excluding hydrogens is 178 g/mol. The molecule has 4 heteroatoms. The van der Waals surface area contributed by atoms with Gasteiger partial charge < -0.3 is 5.32 Å². The summed E-state index contributed by atoms with van der Waals surface area (Å²) in [5.74, 6) is 0. The Balaban J connectivity index is 2.57. The summed E-state index contributed by atoms with van der Waals surface area (Å²) in [6.07, 6.45) is 4.28. The summed E-state index contributed by atoms with van der Waals surface area (Å²) in [5.41, 5.74) is 0.793. The van der Waals surface area contributed by atoms with Crippen LogP contribution >= 0.6 is 0 Å². The summed E-state index contributed by atoms with van der Waals surface area (Å²) < 4.78 is 0. The molecule has 1 aromatic heterocycles. The van der Waals surface area contributed by atoms with E-state index < -0.39 is 0 Å². The van der Waals surface area contributed by atoms with Crippen LogP contribution in [0.15, 0.2) is 24.5 Å². The summed E-state index contributed by atoms with van der Waals surface area (Å²) >= 11 is 0. The molecule has 0 fully saturated rings. The minimum Gasteiger partial charge on any atom is -0.338 e. The van der Waals surface area contributed by atoms with E-state index in [-0.39, 0.29) is 6.03 Å². The van der Waals surface area contributed by atoms with Gasteiger partial charge >= 0.3 is 6.03 Å². The molecule has 0 aliphatic rings. The van der Waals surface area contributed by atoms with Crippen molar-refractivity contribution >= 4 is 11.7 Å². The van der Waals surface area contributed by atoms with Crippen molar-refractivity contribution in [2.24, 2.45) is 0 Å². The Morgan fingerprint density at radius 2 is 2.43 bits per heavy atom. The van der Waals surface area contributed by atoms with Crippen LogP contribution < -0.4 is 10.2 Å². The van der Waals surface area contributed by atoms with E-state index in [0.717, 1.165) is 12.1 Å². The minimum atomic E-state index is -0.0974. The number of amides is 2. The molecule has 0 bridgehead atoms. The molecule has 1 rings (SSSR count). The van der Waals surface area contributed by atoms with Crippen LogP contribution in [0, 0.1) is 0 Å². The molecule has 1 aromatic rings. The van der Waals surface area contributed by atoms with Crippen molar-refractivity contribution in [1.29, 1.82) is 0 Å². The average Bonchev–Trinajstić information content (AvgIpc) is 2.26. The topological polar surface area (TPSA) is 45.2 Å². The molecular formula is C10H15N3O. The molecule has 1 heterocycles. The lowest BCUT2D eigenvalue weighted by atomic mass is 10.4. The summed E-state index contributed by atoms with van der Waals surface area (Å²) in [4.78, 5) is 17.0. The SMILES string of the molecule is CCCNC(=O)N(C)c1cccnc1. The van der Waals surface area contributed by atoms with E-state index >= 15 is 0 Å². The highest BCUT2D eigenvalue weighted by molar-refractivity contribution is 5.91. The molecule has 14 heavy (non-hydrogen) atoms. The summed E-state index contributed by atoms with van der Waals surface area (Å²) in [6, 6.07) is 3.55. The fourth-order valence-corrected chi connectivity index (χ4v) is 1.02. The number of carbonyl (C=O) groups excluding carboxylic acids is 1. The first-order chi connectivity index (χ1) is 6.75. The van der Waals surface area contributed by atoms with Gasteiger partial charge in [-0.2, -0.15) is 0 Å². The lowest BCUT2D eigenvalue weighted by Crippen LogP contribution is -2.37. The number of rotatable bonds is 3. The fourth-order valence-electron chi connectivity index (χ4n) is 1.02. The van der Waals surface area contributed by atoms with E-state index in [1.807, 2.05) is 13.0 Å². The number of hydrogen-bond donors (Lipinski definition) is 1. The first-order valence-corrected chi connectivity index (χ1v) is 4.67. The Labute approximate surface area is 83.9 Å². The van der Waals surface area contributed by atoms with Crippen LogP contribution in [-0.4, -0.2) is 24.6 Å². The number of nitrogens with zero attached hydrogens (tertiary/aromatic N) is 2. The average molecular weight is 193 g/mol. The van der Waals surface area contributed by atoms with Crippen molar-refractivity contribution in [3.63, 3.8) is 0 Å². The molecule has 76 valence electrons. The van der Waals surface area contributed by atoms with Gasteiger partial charge in [0, 0.05) is 19.8 Å². The number of aromatic nitrogens is 1. The normalized spacial score (nSPS) is 9.57. The van der Waals surface area contributed by atoms with Gasteiger partial charge in [-0.15, -0.1) is 0 Å². The van der Waals surface area contributed by atoms with Gasteiger partial charge in [0.05, 0.1) is 11.9 Å². The van der Waals surface area contributed by atoms with E-state index in [2.05, 4.69) is 10.3 Å². The molecule has 2 amide bonds. The van der Waals surface area contributed by atoms with Crippen molar-refractivity contribution in [1.82, 2.24) is 10.3 Å². The van der Waals surface area contributed by atoms with Crippen LogP contribution in [0.25, 0.3) is 0 Å². The largest absolute Gasteiger partial charge is 0.338 e. The van der Waals surface area contributed by atoms with Crippen LogP contribution in [0.2, 0.25) is 0 Å². The second-order valence-corrected chi connectivity index (χ2v) is 3.00. The van der Waals surface area contributed by atoms with Gasteiger partial charge in [0.2, 0.25) is 0 Å². The van der Waals surface area contributed by atoms with Gasteiger partial charge in [-0.3, -0.25) is 9.88 Å². The van der Waals surface area contributed by atoms with Gasteiger partial charge in [0.1, 0.15) is 0 Å². The van der Waals surface area contributed by atoms with E-state index in [9.17, 15) is 4.79 Å². The third-order valence-electron chi connectivity index (χ3n) is 1.86. The molecule has 0 saturated carbocycles. The number of nitrogens with one attached hydrogen (secondary N) is 1. The van der Waals surface area contributed by atoms with Crippen LogP contribution in [0.3, 0.4) is 0 Å². The van der Waals surface area contributed by atoms with Crippen molar-refractivity contribution in [3.05, 3.63) is 24.5 Å². The zero-order chi connectivity index (χ0) is 10.4. The summed E-state index contributed by atoms with van der Waals surface area (Å²) in [5, 5.41) is 2.79. The highest BCUT2D eigenvalue weighted by Crippen LogP contribution is 2.08. The molecule has 0 aromatic carbocycles. The lowest BCUT2D eigenvalue weighted by molar-refractivity contribution is 0.247. The molecule has 0 radical (unpaired) electrons. The quantitative estimate of drug-likeness (QED) is 0.793. The zero-order valence-corrected chi connectivity index (χ0v) is 8.53. The Morgan fingerprint density at radius 1 is 1.64 bits per heavy atom. The van der Waals surface area contributed by atoms with Crippen LogP contribution in [0.5, 0.6) is 0 Å². The second-order valence-electron chi connectivity index (χ2n) is 3.00. The maximum absolute atomic E-state index is 11.5. The maximum atomic E-state index is 11.5. The van der Waals surface area contributed by atoms with Gasteiger partial charge in [-0.1, -0.05) is 6.92 Å². The van der Waals surface area contributed by atoms with Crippen LogP contribution in [0.1, 0.15) is 13.3 Å². The highest BCUT2D eigenvalue weighted by atomic mass is 16.2. The first kappa shape index (κ1) is 10.5. The second kappa shape index (κ2) is 5.21. The van der Waals surface area contributed by atoms with Gasteiger partial charge in [0.25, 0.3) is 0 Å². The number of pyridine rings is 1. The van der Waals surface area contributed by atoms with Crippen molar-refractivity contribution in [2.75, 3.05) is 18.5 Å². The number of anilines is 1. The predicted molar refractivity (Wildman–Crippen MR) is 56.3 cm³/mol.